The minimum atomic E-state index is -0.0403. The molecule has 5 rings (SSSR count). The summed E-state index contributed by atoms with van der Waals surface area (Å²) in [6, 6.07) is 12.8. The largest absolute Gasteiger partial charge is 0.495 e. The Labute approximate surface area is 237 Å². The third kappa shape index (κ3) is 5.86. The van der Waals surface area contributed by atoms with Crippen molar-refractivity contribution in [3.63, 3.8) is 0 Å². The van der Waals surface area contributed by atoms with Crippen LogP contribution in [0.5, 0.6) is 23.1 Å². The van der Waals surface area contributed by atoms with Gasteiger partial charge in [0, 0.05) is 48.9 Å². The number of hydrogen-bond acceptors (Lipinski definition) is 9. The number of halogens is 1. The Morgan fingerprint density at radius 2 is 1.80 bits per heavy atom. The summed E-state index contributed by atoms with van der Waals surface area (Å²) in [7, 11) is 3.19. The number of hydrogen-bond donors (Lipinski definition) is 2. The van der Waals surface area contributed by atoms with Crippen molar-refractivity contribution in [3.8, 4) is 23.1 Å². The van der Waals surface area contributed by atoms with Crippen LogP contribution in [0.1, 0.15) is 12.8 Å². The van der Waals surface area contributed by atoms with E-state index in [2.05, 4.69) is 32.2 Å². The van der Waals surface area contributed by atoms with Crippen LogP contribution in [0, 0.1) is 0 Å². The molecule has 1 aliphatic rings. The summed E-state index contributed by atoms with van der Waals surface area (Å²) in [4.78, 5) is 26.9. The summed E-state index contributed by atoms with van der Waals surface area (Å²) in [5.74, 6) is 2.53. The molecule has 0 bridgehead atoms. The number of methoxy groups -OCH3 is 2. The maximum atomic E-state index is 12.0. The number of ether oxygens (including phenoxy) is 3. The van der Waals surface area contributed by atoms with Crippen molar-refractivity contribution in [3.05, 3.63) is 72.7 Å². The highest BCUT2D eigenvalue weighted by Gasteiger charge is 2.23. The van der Waals surface area contributed by atoms with E-state index in [1.54, 1.807) is 44.7 Å². The molecule has 1 aliphatic heterocycles. The topological polar surface area (TPSA) is 111 Å². The summed E-state index contributed by atoms with van der Waals surface area (Å²) < 4.78 is 17.1. The van der Waals surface area contributed by atoms with Crippen molar-refractivity contribution in [2.75, 3.05) is 37.9 Å². The first-order valence-corrected chi connectivity index (χ1v) is 13.1. The fourth-order valence-electron chi connectivity index (χ4n) is 4.59. The molecule has 11 heteroatoms. The highest BCUT2D eigenvalue weighted by atomic mass is 35.5. The molecule has 1 fully saturated rings. The zero-order valence-corrected chi connectivity index (χ0v) is 22.9. The van der Waals surface area contributed by atoms with Gasteiger partial charge in [-0.3, -0.25) is 4.79 Å². The molecule has 40 heavy (non-hydrogen) atoms. The number of likely N-dealkylation sites (tertiary alicyclic amines) is 1. The van der Waals surface area contributed by atoms with E-state index in [4.69, 9.17) is 25.8 Å². The Morgan fingerprint density at radius 3 is 2.50 bits per heavy atom. The van der Waals surface area contributed by atoms with Crippen molar-refractivity contribution < 1.29 is 19.0 Å². The van der Waals surface area contributed by atoms with Gasteiger partial charge in [-0.2, -0.15) is 0 Å². The molecule has 2 N–H and O–H groups in total. The normalized spacial score (nSPS) is 13.5. The number of nitrogens with one attached hydrogen (secondary N) is 2. The smallest absolute Gasteiger partial charge is 0.245 e. The molecule has 0 saturated carbocycles. The van der Waals surface area contributed by atoms with E-state index in [0.717, 1.165) is 23.9 Å². The molecule has 2 aromatic heterocycles. The average Bonchev–Trinajstić information content (AvgIpc) is 2.99. The van der Waals surface area contributed by atoms with Crippen LogP contribution in [0.2, 0.25) is 5.02 Å². The van der Waals surface area contributed by atoms with Crippen LogP contribution in [0.3, 0.4) is 0 Å². The molecular weight excluding hydrogens is 532 g/mol. The Hall–Kier alpha value is -4.57. The van der Waals surface area contributed by atoms with Crippen molar-refractivity contribution >= 4 is 45.6 Å². The lowest BCUT2D eigenvalue weighted by Crippen LogP contribution is -2.41. The van der Waals surface area contributed by atoms with E-state index in [1.807, 2.05) is 23.1 Å². The Bertz CT molecular complexity index is 1530. The minimum Gasteiger partial charge on any atom is -0.495 e. The molecule has 0 unspecified atom stereocenters. The van der Waals surface area contributed by atoms with E-state index in [1.165, 1.54) is 12.4 Å². The summed E-state index contributed by atoms with van der Waals surface area (Å²) in [5, 5.41) is 8.07. The molecule has 0 aliphatic carbocycles. The van der Waals surface area contributed by atoms with Crippen LogP contribution in [-0.2, 0) is 4.79 Å². The second-order valence-electron chi connectivity index (χ2n) is 9.12. The number of aromatic nitrogens is 3. The van der Waals surface area contributed by atoms with E-state index in [0.29, 0.717) is 58.3 Å². The average molecular weight is 561 g/mol. The quantitative estimate of drug-likeness (QED) is 0.245. The fourth-order valence-corrected chi connectivity index (χ4v) is 4.79. The van der Waals surface area contributed by atoms with Gasteiger partial charge < -0.3 is 29.7 Å². The molecule has 1 amide bonds. The van der Waals surface area contributed by atoms with Gasteiger partial charge in [0.1, 0.15) is 23.6 Å². The van der Waals surface area contributed by atoms with Crippen LogP contribution >= 0.6 is 11.6 Å². The minimum absolute atomic E-state index is 0.0403. The number of benzene rings is 2. The molecule has 0 atom stereocenters. The maximum absolute atomic E-state index is 12.0. The lowest BCUT2D eigenvalue weighted by Gasteiger charge is -2.32. The standard InChI is InChI=1S/C29H29ClN6O4/c1-4-28(37)36-11-8-18(9-12-36)34-22-13-19-21(15-25(22)38-2)32-17-33-29(19)35-23-14-20(30)24(16-26(23)39-3)40-27-7-5-6-10-31-27/h4-7,10,13-18,34H,1,8-9,11-12H2,2-3H3,(H,32,33,35). The number of carbonyl (C=O) groups is 1. The van der Waals surface area contributed by atoms with E-state index in [-0.39, 0.29) is 11.9 Å². The lowest BCUT2D eigenvalue weighted by molar-refractivity contribution is -0.126. The van der Waals surface area contributed by atoms with Gasteiger partial charge in [0.25, 0.3) is 0 Å². The van der Waals surface area contributed by atoms with Gasteiger partial charge in [0.05, 0.1) is 36.1 Å². The maximum Gasteiger partial charge on any atom is 0.245 e. The first-order chi connectivity index (χ1) is 19.5. The van der Waals surface area contributed by atoms with Gasteiger partial charge in [0.2, 0.25) is 11.8 Å². The Morgan fingerprint density at radius 1 is 1.02 bits per heavy atom. The number of piperidine rings is 1. The summed E-state index contributed by atoms with van der Waals surface area (Å²) in [6.07, 6.45) is 6.09. The van der Waals surface area contributed by atoms with Crippen molar-refractivity contribution in [1.29, 1.82) is 0 Å². The van der Waals surface area contributed by atoms with Crippen molar-refractivity contribution in [1.82, 2.24) is 19.9 Å². The SMILES string of the molecule is C=CC(=O)N1CCC(Nc2cc3c(Nc4cc(Cl)c(Oc5ccccn5)cc4OC)ncnc3cc2OC)CC1. The van der Waals surface area contributed by atoms with Crippen molar-refractivity contribution in [2.45, 2.75) is 18.9 Å². The van der Waals surface area contributed by atoms with Crippen LogP contribution in [0.15, 0.2) is 67.6 Å². The zero-order valence-electron chi connectivity index (χ0n) is 22.2. The van der Waals surface area contributed by atoms with E-state index >= 15 is 0 Å². The number of fused-ring (bicyclic) bond motifs is 1. The van der Waals surface area contributed by atoms with Crippen LogP contribution in [0.4, 0.5) is 17.2 Å². The predicted octanol–water partition coefficient (Wildman–Crippen LogP) is 5.82. The number of rotatable bonds is 9. The molecule has 10 nitrogen and oxygen atoms in total. The predicted molar refractivity (Wildman–Crippen MR) is 155 cm³/mol. The van der Waals surface area contributed by atoms with Gasteiger partial charge in [0.15, 0.2) is 5.75 Å². The number of anilines is 3. The van der Waals surface area contributed by atoms with Gasteiger partial charge in [-0.15, -0.1) is 0 Å². The van der Waals surface area contributed by atoms with E-state index < -0.39 is 0 Å². The molecular formula is C29H29ClN6O4. The molecule has 0 radical (unpaired) electrons. The first-order valence-electron chi connectivity index (χ1n) is 12.7. The van der Waals surface area contributed by atoms with Crippen molar-refractivity contribution in [2.24, 2.45) is 0 Å². The first kappa shape index (κ1) is 27.0. The van der Waals surface area contributed by atoms with E-state index in [9.17, 15) is 4.79 Å². The molecule has 4 aromatic rings. The molecule has 0 spiro atoms. The highest BCUT2D eigenvalue weighted by molar-refractivity contribution is 6.32. The van der Waals surface area contributed by atoms with Gasteiger partial charge in [-0.05, 0) is 37.1 Å². The van der Waals surface area contributed by atoms with Gasteiger partial charge >= 0.3 is 0 Å². The molecule has 2 aromatic carbocycles. The monoisotopic (exact) mass is 560 g/mol. The highest BCUT2D eigenvalue weighted by Crippen LogP contribution is 2.40. The second kappa shape index (κ2) is 12.1. The van der Waals surface area contributed by atoms with Gasteiger partial charge in [-0.25, -0.2) is 15.0 Å². The van der Waals surface area contributed by atoms with Gasteiger partial charge in [-0.1, -0.05) is 24.2 Å². The summed E-state index contributed by atoms with van der Waals surface area (Å²) in [6.45, 7) is 4.91. The number of amides is 1. The fraction of sp³-hybridized carbons (Fsp3) is 0.241. The third-order valence-corrected chi connectivity index (χ3v) is 6.95. The van der Waals surface area contributed by atoms with Crippen LogP contribution < -0.4 is 24.8 Å². The number of carbonyl (C=O) groups excluding carboxylic acids is 1. The molecule has 3 heterocycles. The Balaban J connectivity index is 1.42. The lowest BCUT2D eigenvalue weighted by atomic mass is 10.0. The third-order valence-electron chi connectivity index (χ3n) is 6.66. The number of nitrogens with zero attached hydrogens (tertiary/aromatic N) is 4. The summed E-state index contributed by atoms with van der Waals surface area (Å²) >= 11 is 6.57. The van der Waals surface area contributed by atoms with Crippen LogP contribution in [-0.4, -0.2) is 59.1 Å². The molecule has 1 saturated heterocycles. The summed E-state index contributed by atoms with van der Waals surface area (Å²) in [5.41, 5.74) is 2.11. The Kier molecular flexibility index (Phi) is 8.16. The number of pyridine rings is 1. The zero-order chi connectivity index (χ0) is 28.1. The molecule has 206 valence electrons. The second-order valence-corrected chi connectivity index (χ2v) is 9.53. The van der Waals surface area contributed by atoms with Crippen LogP contribution in [0.25, 0.3) is 10.9 Å².